The minimum absolute atomic E-state index is 0.00785. The average molecular weight is 353 g/mol. The van der Waals surface area contributed by atoms with Crippen molar-refractivity contribution in [3.05, 3.63) is 35.9 Å². The standard InChI is InChI=1S/C18H28N2O3S/c1-13(2)24(22,23)15(4)18(21)19-17-10-11-20(12-17)14(3)16-8-6-5-7-9-16/h5-9,13-15,17H,10-12H2,1-4H3,(H,19,21)/t14-,15-,17-/m1/s1. The molecule has 134 valence electrons. The maximum absolute atomic E-state index is 12.3. The van der Waals surface area contributed by atoms with E-state index >= 15 is 0 Å². The van der Waals surface area contributed by atoms with Crippen molar-refractivity contribution in [2.24, 2.45) is 0 Å². The van der Waals surface area contributed by atoms with Crippen LogP contribution in [0.3, 0.4) is 0 Å². The first kappa shape index (κ1) is 18.9. The summed E-state index contributed by atoms with van der Waals surface area (Å²) in [6.45, 7) is 8.49. The molecule has 1 amide bonds. The number of likely N-dealkylation sites (tertiary alicyclic amines) is 1. The van der Waals surface area contributed by atoms with Gasteiger partial charge in [-0.25, -0.2) is 8.42 Å². The Morgan fingerprint density at radius 3 is 2.38 bits per heavy atom. The summed E-state index contributed by atoms with van der Waals surface area (Å²) in [4.78, 5) is 14.6. The average Bonchev–Trinajstić information content (AvgIpc) is 3.02. The zero-order valence-corrected chi connectivity index (χ0v) is 15.7. The Hall–Kier alpha value is -1.40. The molecule has 1 aromatic rings. The molecule has 0 aromatic heterocycles. The van der Waals surface area contributed by atoms with Crippen LogP contribution in [0.25, 0.3) is 0 Å². The van der Waals surface area contributed by atoms with Crippen LogP contribution >= 0.6 is 0 Å². The molecule has 1 fully saturated rings. The van der Waals surface area contributed by atoms with E-state index < -0.39 is 20.3 Å². The van der Waals surface area contributed by atoms with Gasteiger partial charge in [0, 0.05) is 25.2 Å². The Balaban J connectivity index is 1.93. The zero-order chi connectivity index (χ0) is 17.9. The molecule has 1 aromatic carbocycles. The third-order valence-electron chi connectivity index (χ3n) is 4.91. The molecule has 3 atom stereocenters. The molecule has 2 rings (SSSR count). The lowest BCUT2D eigenvalue weighted by Crippen LogP contribution is -2.46. The largest absolute Gasteiger partial charge is 0.351 e. The van der Waals surface area contributed by atoms with Gasteiger partial charge in [0.2, 0.25) is 5.91 Å². The van der Waals surface area contributed by atoms with E-state index in [9.17, 15) is 13.2 Å². The van der Waals surface area contributed by atoms with E-state index in [1.807, 2.05) is 18.2 Å². The van der Waals surface area contributed by atoms with Crippen molar-refractivity contribution in [3.8, 4) is 0 Å². The molecule has 1 heterocycles. The van der Waals surface area contributed by atoms with E-state index in [-0.39, 0.29) is 18.0 Å². The van der Waals surface area contributed by atoms with Crippen LogP contribution in [0.5, 0.6) is 0 Å². The van der Waals surface area contributed by atoms with Gasteiger partial charge in [0.15, 0.2) is 9.84 Å². The van der Waals surface area contributed by atoms with Gasteiger partial charge in [-0.3, -0.25) is 9.69 Å². The molecule has 0 saturated carbocycles. The highest BCUT2D eigenvalue weighted by molar-refractivity contribution is 7.93. The van der Waals surface area contributed by atoms with Gasteiger partial charge in [-0.1, -0.05) is 30.3 Å². The van der Waals surface area contributed by atoms with Gasteiger partial charge in [0.1, 0.15) is 5.25 Å². The predicted octanol–water partition coefficient (Wildman–Crippen LogP) is 2.15. The number of carbonyl (C=O) groups is 1. The number of amides is 1. The minimum Gasteiger partial charge on any atom is -0.351 e. The van der Waals surface area contributed by atoms with Crippen molar-refractivity contribution in [3.63, 3.8) is 0 Å². The Morgan fingerprint density at radius 1 is 1.17 bits per heavy atom. The normalized spacial score (nSPS) is 21.6. The fourth-order valence-corrected chi connectivity index (χ4v) is 4.26. The molecule has 0 radical (unpaired) electrons. The van der Waals surface area contributed by atoms with Crippen molar-refractivity contribution in [1.29, 1.82) is 0 Å². The van der Waals surface area contributed by atoms with Crippen LogP contribution in [0.2, 0.25) is 0 Å². The summed E-state index contributed by atoms with van der Waals surface area (Å²) in [5, 5.41) is 1.37. The number of benzene rings is 1. The van der Waals surface area contributed by atoms with Gasteiger partial charge in [-0.15, -0.1) is 0 Å². The topological polar surface area (TPSA) is 66.5 Å². The van der Waals surface area contributed by atoms with Crippen molar-refractivity contribution in [2.75, 3.05) is 13.1 Å². The van der Waals surface area contributed by atoms with E-state index in [2.05, 4.69) is 29.3 Å². The van der Waals surface area contributed by atoms with Gasteiger partial charge < -0.3 is 5.32 Å². The van der Waals surface area contributed by atoms with Gasteiger partial charge in [-0.2, -0.15) is 0 Å². The summed E-state index contributed by atoms with van der Waals surface area (Å²) in [6, 6.07) is 10.6. The highest BCUT2D eigenvalue weighted by Gasteiger charge is 2.34. The molecule has 1 aliphatic heterocycles. The van der Waals surface area contributed by atoms with Crippen molar-refractivity contribution in [1.82, 2.24) is 10.2 Å². The second kappa shape index (κ2) is 7.66. The molecule has 1 saturated heterocycles. The molecule has 6 heteroatoms. The van der Waals surface area contributed by atoms with Crippen LogP contribution in [0.15, 0.2) is 30.3 Å². The lowest BCUT2D eigenvalue weighted by atomic mass is 10.1. The molecular weight excluding hydrogens is 324 g/mol. The van der Waals surface area contributed by atoms with Gasteiger partial charge in [-0.05, 0) is 39.7 Å². The Morgan fingerprint density at radius 2 is 1.79 bits per heavy atom. The smallest absolute Gasteiger partial charge is 0.238 e. The van der Waals surface area contributed by atoms with Crippen LogP contribution < -0.4 is 5.32 Å². The molecule has 5 nitrogen and oxygen atoms in total. The fourth-order valence-electron chi connectivity index (χ4n) is 3.08. The fraction of sp³-hybridized carbons (Fsp3) is 0.611. The van der Waals surface area contributed by atoms with Crippen molar-refractivity contribution in [2.45, 2.75) is 56.7 Å². The quantitative estimate of drug-likeness (QED) is 0.852. The molecule has 1 aliphatic rings. The third-order valence-corrected chi connectivity index (χ3v) is 7.43. The molecule has 0 spiro atoms. The monoisotopic (exact) mass is 352 g/mol. The number of nitrogens with one attached hydrogen (secondary N) is 1. The zero-order valence-electron chi connectivity index (χ0n) is 14.9. The number of rotatable bonds is 6. The van der Waals surface area contributed by atoms with Crippen LogP contribution in [0.1, 0.15) is 45.7 Å². The van der Waals surface area contributed by atoms with E-state index in [1.165, 1.54) is 12.5 Å². The highest BCUT2D eigenvalue weighted by Crippen LogP contribution is 2.24. The van der Waals surface area contributed by atoms with E-state index in [0.717, 1.165) is 19.5 Å². The summed E-state index contributed by atoms with van der Waals surface area (Å²) in [5.74, 6) is -0.386. The first-order valence-corrected chi connectivity index (χ1v) is 10.2. The van der Waals surface area contributed by atoms with Crippen molar-refractivity contribution >= 4 is 15.7 Å². The first-order chi connectivity index (χ1) is 11.2. The van der Waals surface area contributed by atoms with Crippen LogP contribution in [-0.2, 0) is 14.6 Å². The number of carbonyl (C=O) groups excluding carboxylic acids is 1. The predicted molar refractivity (Wildman–Crippen MR) is 96.5 cm³/mol. The van der Waals surface area contributed by atoms with E-state index in [4.69, 9.17) is 0 Å². The second-order valence-corrected chi connectivity index (χ2v) is 9.68. The summed E-state index contributed by atoms with van der Waals surface area (Å²) in [6.07, 6.45) is 0.845. The van der Waals surface area contributed by atoms with Gasteiger partial charge >= 0.3 is 0 Å². The first-order valence-electron chi connectivity index (χ1n) is 8.55. The summed E-state index contributed by atoms with van der Waals surface area (Å²) >= 11 is 0. The minimum atomic E-state index is -3.42. The molecule has 0 unspecified atom stereocenters. The molecule has 24 heavy (non-hydrogen) atoms. The Labute approximate surface area is 145 Å². The highest BCUT2D eigenvalue weighted by atomic mass is 32.2. The van der Waals surface area contributed by atoms with Crippen LogP contribution in [0.4, 0.5) is 0 Å². The van der Waals surface area contributed by atoms with Crippen LogP contribution in [0, 0.1) is 0 Å². The number of nitrogens with zero attached hydrogens (tertiary/aromatic N) is 1. The van der Waals surface area contributed by atoms with Gasteiger partial charge in [0.05, 0.1) is 5.25 Å². The van der Waals surface area contributed by atoms with E-state index in [1.54, 1.807) is 13.8 Å². The third kappa shape index (κ3) is 4.16. The van der Waals surface area contributed by atoms with Crippen molar-refractivity contribution < 1.29 is 13.2 Å². The lowest BCUT2D eigenvalue weighted by Gasteiger charge is -2.25. The number of hydrogen-bond donors (Lipinski definition) is 1. The maximum Gasteiger partial charge on any atom is 0.238 e. The molecular formula is C18H28N2O3S. The van der Waals surface area contributed by atoms with E-state index in [0.29, 0.717) is 0 Å². The summed E-state index contributed by atoms with van der Waals surface area (Å²) < 4.78 is 24.3. The molecule has 0 bridgehead atoms. The Bertz CT molecular complexity index is 658. The lowest BCUT2D eigenvalue weighted by molar-refractivity contribution is -0.121. The number of sulfone groups is 1. The second-order valence-electron chi connectivity index (χ2n) is 6.86. The summed E-state index contributed by atoms with van der Waals surface area (Å²) in [5.41, 5.74) is 1.25. The maximum atomic E-state index is 12.3. The molecule has 1 N–H and O–H groups in total. The number of hydrogen-bond acceptors (Lipinski definition) is 4. The summed E-state index contributed by atoms with van der Waals surface area (Å²) in [7, 11) is -3.42. The van der Waals surface area contributed by atoms with Crippen LogP contribution in [-0.4, -0.2) is 48.9 Å². The molecule has 0 aliphatic carbocycles. The SMILES string of the molecule is CC(C)S(=O)(=O)[C@H](C)C(=O)N[C@@H]1CCN([C@H](C)c2ccccc2)C1. The Kier molecular flexibility index (Phi) is 6.04. The van der Waals surface area contributed by atoms with Gasteiger partial charge in [0.25, 0.3) is 0 Å².